The van der Waals surface area contributed by atoms with Gasteiger partial charge in [0.2, 0.25) is 5.91 Å². The number of benzene rings is 1. The van der Waals surface area contributed by atoms with E-state index in [0.29, 0.717) is 19.5 Å². The zero-order valence-corrected chi connectivity index (χ0v) is 15.8. The average molecular weight is 372 g/mol. The maximum Gasteiger partial charge on any atom is 0.227 e. The van der Waals surface area contributed by atoms with Crippen LogP contribution in [0.2, 0.25) is 0 Å². The number of nitrogens with zero attached hydrogens (tertiary/aromatic N) is 2. The first-order chi connectivity index (χ1) is 12.5. The second-order valence-electron chi connectivity index (χ2n) is 6.83. The number of hydrogen-bond donors (Lipinski definition) is 0. The zero-order valence-electron chi connectivity index (χ0n) is 15.0. The number of rotatable bonds is 6. The van der Waals surface area contributed by atoms with Crippen LogP contribution in [0.4, 0.5) is 0 Å². The van der Waals surface area contributed by atoms with Crippen molar-refractivity contribution >= 4 is 15.7 Å². The van der Waals surface area contributed by atoms with Gasteiger partial charge in [0.15, 0.2) is 9.84 Å². The van der Waals surface area contributed by atoms with Gasteiger partial charge in [0.25, 0.3) is 0 Å². The quantitative estimate of drug-likeness (QED) is 0.782. The molecule has 1 atom stereocenters. The Morgan fingerprint density at radius 3 is 2.38 bits per heavy atom. The lowest BCUT2D eigenvalue weighted by Gasteiger charge is -2.25. The Labute approximate surface area is 155 Å². The summed E-state index contributed by atoms with van der Waals surface area (Å²) in [6.45, 7) is 3.00. The fourth-order valence-electron chi connectivity index (χ4n) is 3.27. The summed E-state index contributed by atoms with van der Waals surface area (Å²) in [5.41, 5.74) is 3.23. The number of pyridine rings is 1. The van der Waals surface area contributed by atoms with Crippen molar-refractivity contribution in [2.75, 3.05) is 11.5 Å². The molecule has 26 heavy (non-hydrogen) atoms. The summed E-state index contributed by atoms with van der Waals surface area (Å²) in [5.74, 6) is -0.458. The number of aryl methyl sites for hydroxylation is 1. The topological polar surface area (TPSA) is 67.3 Å². The molecule has 3 rings (SSSR count). The number of carbonyl (C=O) groups is 1. The van der Waals surface area contributed by atoms with Gasteiger partial charge in [-0.2, -0.15) is 0 Å². The van der Waals surface area contributed by atoms with E-state index >= 15 is 0 Å². The minimum Gasteiger partial charge on any atom is -0.334 e. The van der Waals surface area contributed by atoms with Gasteiger partial charge < -0.3 is 4.90 Å². The normalized spacial score (nSPS) is 18.6. The van der Waals surface area contributed by atoms with Gasteiger partial charge in [-0.05, 0) is 35.6 Å². The Kier molecular flexibility index (Phi) is 5.71. The molecule has 1 unspecified atom stereocenters. The molecule has 1 saturated heterocycles. The molecule has 1 amide bonds. The van der Waals surface area contributed by atoms with Crippen LogP contribution in [0.25, 0.3) is 0 Å². The summed E-state index contributed by atoms with van der Waals surface area (Å²) >= 11 is 0. The van der Waals surface area contributed by atoms with Crippen molar-refractivity contribution in [2.24, 2.45) is 5.92 Å². The molecule has 1 aromatic heterocycles. The van der Waals surface area contributed by atoms with E-state index in [9.17, 15) is 13.2 Å². The number of amides is 1. The molecule has 0 radical (unpaired) electrons. The molecular formula is C20H24N2O3S. The molecule has 0 N–H and O–H groups in total. The van der Waals surface area contributed by atoms with Gasteiger partial charge in [-0.25, -0.2) is 8.42 Å². The van der Waals surface area contributed by atoms with Crippen molar-refractivity contribution in [1.82, 2.24) is 9.88 Å². The van der Waals surface area contributed by atoms with Crippen molar-refractivity contribution in [1.29, 1.82) is 0 Å². The highest BCUT2D eigenvalue weighted by atomic mass is 32.2. The average Bonchev–Trinajstić information content (AvgIpc) is 3.02. The molecule has 6 heteroatoms. The van der Waals surface area contributed by atoms with Gasteiger partial charge >= 0.3 is 0 Å². The van der Waals surface area contributed by atoms with Crippen molar-refractivity contribution < 1.29 is 13.2 Å². The summed E-state index contributed by atoms with van der Waals surface area (Å²) in [5, 5.41) is 0. The Balaban J connectivity index is 1.79. The van der Waals surface area contributed by atoms with Gasteiger partial charge in [-0.15, -0.1) is 0 Å². The lowest BCUT2D eigenvalue weighted by molar-refractivity contribution is -0.136. The number of aromatic nitrogens is 1. The lowest BCUT2D eigenvalue weighted by Crippen LogP contribution is -2.36. The van der Waals surface area contributed by atoms with E-state index in [1.807, 2.05) is 24.3 Å². The SMILES string of the molecule is CCc1ccc(CN(Cc2cccnc2)C(=O)C2CCS(=O)(=O)C2)cc1. The minimum atomic E-state index is -3.09. The molecule has 1 fully saturated rings. The summed E-state index contributed by atoms with van der Waals surface area (Å²) < 4.78 is 23.5. The molecule has 0 saturated carbocycles. The van der Waals surface area contributed by atoms with E-state index in [2.05, 4.69) is 24.0 Å². The monoisotopic (exact) mass is 372 g/mol. The van der Waals surface area contributed by atoms with Gasteiger partial charge in [-0.1, -0.05) is 37.3 Å². The van der Waals surface area contributed by atoms with E-state index in [1.54, 1.807) is 17.3 Å². The maximum absolute atomic E-state index is 13.0. The molecule has 1 aromatic carbocycles. The van der Waals surface area contributed by atoms with Crippen LogP contribution in [0, 0.1) is 5.92 Å². The predicted molar refractivity (Wildman–Crippen MR) is 101 cm³/mol. The van der Waals surface area contributed by atoms with E-state index in [4.69, 9.17) is 0 Å². The summed E-state index contributed by atoms with van der Waals surface area (Å²) in [7, 11) is -3.09. The third-order valence-electron chi connectivity index (χ3n) is 4.79. The van der Waals surface area contributed by atoms with Crippen molar-refractivity contribution in [3.05, 3.63) is 65.5 Å². The molecule has 0 bridgehead atoms. The van der Waals surface area contributed by atoms with E-state index in [-0.39, 0.29) is 17.4 Å². The highest BCUT2D eigenvalue weighted by Crippen LogP contribution is 2.23. The zero-order chi connectivity index (χ0) is 18.6. The third-order valence-corrected chi connectivity index (χ3v) is 6.56. The van der Waals surface area contributed by atoms with E-state index in [0.717, 1.165) is 17.5 Å². The third kappa shape index (κ3) is 4.69. The first kappa shape index (κ1) is 18.6. The molecule has 0 spiro atoms. The van der Waals surface area contributed by atoms with Crippen molar-refractivity contribution in [2.45, 2.75) is 32.9 Å². The van der Waals surface area contributed by atoms with Gasteiger partial charge in [-0.3, -0.25) is 9.78 Å². The number of sulfone groups is 1. The van der Waals surface area contributed by atoms with E-state index in [1.165, 1.54) is 5.56 Å². The van der Waals surface area contributed by atoms with E-state index < -0.39 is 15.8 Å². The molecular weight excluding hydrogens is 348 g/mol. The molecule has 2 aromatic rings. The fourth-order valence-corrected chi connectivity index (χ4v) is 5.01. The number of hydrogen-bond acceptors (Lipinski definition) is 4. The maximum atomic E-state index is 13.0. The Bertz CT molecular complexity index is 848. The van der Waals surface area contributed by atoms with Crippen LogP contribution >= 0.6 is 0 Å². The second-order valence-corrected chi connectivity index (χ2v) is 9.05. The molecule has 5 nitrogen and oxygen atoms in total. The van der Waals surface area contributed by atoms with Crippen LogP contribution in [-0.2, 0) is 34.1 Å². The molecule has 1 aliphatic rings. The second kappa shape index (κ2) is 7.99. The van der Waals surface area contributed by atoms with Gasteiger partial charge in [0.1, 0.15) is 0 Å². The molecule has 138 valence electrons. The van der Waals surface area contributed by atoms with Crippen LogP contribution in [0.3, 0.4) is 0 Å². The highest BCUT2D eigenvalue weighted by Gasteiger charge is 2.35. The summed E-state index contributed by atoms with van der Waals surface area (Å²) in [4.78, 5) is 18.9. The molecule has 1 aliphatic heterocycles. The first-order valence-corrected chi connectivity index (χ1v) is 10.7. The Morgan fingerprint density at radius 2 is 1.81 bits per heavy atom. The Hall–Kier alpha value is -2.21. The lowest BCUT2D eigenvalue weighted by atomic mass is 10.1. The van der Waals surface area contributed by atoms with Crippen LogP contribution < -0.4 is 0 Å². The summed E-state index contributed by atoms with van der Waals surface area (Å²) in [6.07, 6.45) is 4.83. The minimum absolute atomic E-state index is 0.0376. The first-order valence-electron chi connectivity index (χ1n) is 8.93. The van der Waals surface area contributed by atoms with Crippen LogP contribution in [0.5, 0.6) is 0 Å². The summed E-state index contributed by atoms with van der Waals surface area (Å²) in [6, 6.07) is 12.0. The Morgan fingerprint density at radius 1 is 1.12 bits per heavy atom. The van der Waals surface area contributed by atoms with Gasteiger partial charge in [0, 0.05) is 25.5 Å². The smallest absolute Gasteiger partial charge is 0.227 e. The standard InChI is InChI=1S/C20H24N2O3S/c1-2-16-5-7-17(8-6-16)13-22(14-18-4-3-10-21-12-18)20(23)19-9-11-26(24,25)15-19/h3-8,10,12,19H,2,9,11,13-15H2,1H3. The number of carbonyl (C=O) groups excluding carboxylic acids is 1. The molecule has 2 heterocycles. The van der Waals surface area contributed by atoms with Crippen LogP contribution in [-0.4, -0.2) is 35.7 Å². The van der Waals surface area contributed by atoms with Crippen molar-refractivity contribution in [3.63, 3.8) is 0 Å². The molecule has 0 aliphatic carbocycles. The highest BCUT2D eigenvalue weighted by molar-refractivity contribution is 7.91. The van der Waals surface area contributed by atoms with Crippen LogP contribution in [0.1, 0.15) is 30.0 Å². The fraction of sp³-hybridized carbons (Fsp3) is 0.400. The van der Waals surface area contributed by atoms with Gasteiger partial charge in [0.05, 0.1) is 17.4 Å². The predicted octanol–water partition coefficient (Wildman–Crippen LogP) is 2.61. The van der Waals surface area contributed by atoms with Crippen LogP contribution in [0.15, 0.2) is 48.8 Å². The largest absolute Gasteiger partial charge is 0.334 e. The van der Waals surface area contributed by atoms with Crippen molar-refractivity contribution in [3.8, 4) is 0 Å².